The molecule has 0 aliphatic heterocycles. The van der Waals surface area contributed by atoms with Crippen molar-refractivity contribution in [2.24, 2.45) is 11.8 Å². The zero-order valence-corrected chi connectivity index (χ0v) is 13.1. The highest BCUT2D eigenvalue weighted by Crippen LogP contribution is 2.41. The van der Waals surface area contributed by atoms with Gasteiger partial charge in [0.2, 0.25) is 0 Å². The van der Waals surface area contributed by atoms with E-state index in [0.717, 1.165) is 5.92 Å². The van der Waals surface area contributed by atoms with Crippen molar-refractivity contribution in [2.45, 2.75) is 45.4 Å². The van der Waals surface area contributed by atoms with Crippen LogP contribution in [-0.2, 0) is 0 Å². The van der Waals surface area contributed by atoms with E-state index in [-0.39, 0.29) is 0 Å². The van der Waals surface area contributed by atoms with Crippen molar-refractivity contribution in [3.05, 3.63) is 58.7 Å². The van der Waals surface area contributed by atoms with Gasteiger partial charge in [0.05, 0.1) is 0 Å². The average molecular weight is 276 g/mol. The van der Waals surface area contributed by atoms with Crippen molar-refractivity contribution in [3.8, 4) is 0 Å². The normalized spacial score (nSPS) is 24.0. The standard InChI is InChI=1S/C21H24/c1-14(2)20-10-9-19-13-18(8-11-21(19)20)17-7-6-16(12-17)15-4-3-5-15/h7-15,20H,3-6H2,1-2H3. The van der Waals surface area contributed by atoms with Crippen LogP contribution in [0, 0.1) is 11.8 Å². The Hall–Kier alpha value is -1.56. The monoisotopic (exact) mass is 276 g/mol. The number of benzene rings is 1. The molecule has 0 N–H and O–H groups in total. The fraction of sp³-hybridized carbons (Fsp3) is 0.429. The molecule has 1 unspecified atom stereocenters. The van der Waals surface area contributed by atoms with Crippen LogP contribution in [0.4, 0.5) is 0 Å². The minimum Gasteiger partial charge on any atom is -0.0761 e. The first-order valence-electron chi connectivity index (χ1n) is 8.45. The molecule has 1 aromatic rings. The van der Waals surface area contributed by atoms with Crippen LogP contribution in [0.25, 0.3) is 11.6 Å². The molecule has 3 aliphatic rings. The Morgan fingerprint density at radius 2 is 2.00 bits per heavy atom. The van der Waals surface area contributed by atoms with E-state index < -0.39 is 0 Å². The number of allylic oxidation sites excluding steroid dienone is 5. The van der Waals surface area contributed by atoms with Crippen LogP contribution in [0.1, 0.15) is 62.1 Å². The Labute approximate surface area is 128 Å². The van der Waals surface area contributed by atoms with E-state index in [1.807, 2.05) is 0 Å². The summed E-state index contributed by atoms with van der Waals surface area (Å²) in [6.45, 7) is 4.62. The molecular weight excluding hydrogens is 252 g/mol. The molecule has 1 saturated carbocycles. The van der Waals surface area contributed by atoms with Crippen LogP contribution in [-0.4, -0.2) is 0 Å². The molecule has 1 fully saturated rings. The fourth-order valence-electron chi connectivity index (χ4n) is 3.90. The molecule has 0 saturated heterocycles. The van der Waals surface area contributed by atoms with Crippen molar-refractivity contribution in [1.29, 1.82) is 0 Å². The Bertz CT molecular complexity index is 651. The van der Waals surface area contributed by atoms with E-state index in [4.69, 9.17) is 0 Å². The highest BCUT2D eigenvalue weighted by atomic mass is 14.3. The molecule has 0 spiro atoms. The Morgan fingerprint density at radius 1 is 1.14 bits per heavy atom. The number of fused-ring (bicyclic) bond motifs is 1. The maximum absolute atomic E-state index is 2.46. The van der Waals surface area contributed by atoms with E-state index in [2.05, 4.69) is 56.4 Å². The van der Waals surface area contributed by atoms with Crippen LogP contribution < -0.4 is 0 Å². The zero-order chi connectivity index (χ0) is 14.4. The van der Waals surface area contributed by atoms with Gasteiger partial charge in [0, 0.05) is 5.92 Å². The Balaban J connectivity index is 1.60. The fourth-order valence-corrected chi connectivity index (χ4v) is 3.90. The quantitative estimate of drug-likeness (QED) is 0.638. The molecule has 0 heterocycles. The molecule has 0 aromatic heterocycles. The summed E-state index contributed by atoms with van der Waals surface area (Å²) in [5.74, 6) is 2.18. The lowest BCUT2D eigenvalue weighted by Crippen LogP contribution is -2.12. The van der Waals surface area contributed by atoms with Gasteiger partial charge in [-0.05, 0) is 59.4 Å². The van der Waals surface area contributed by atoms with E-state index in [1.165, 1.54) is 47.9 Å². The largest absolute Gasteiger partial charge is 0.0761 e. The van der Waals surface area contributed by atoms with Gasteiger partial charge in [-0.1, -0.05) is 62.3 Å². The molecule has 108 valence electrons. The molecule has 0 heteroatoms. The van der Waals surface area contributed by atoms with Crippen molar-refractivity contribution in [2.75, 3.05) is 0 Å². The molecule has 1 aromatic carbocycles. The molecule has 0 nitrogen and oxygen atoms in total. The van der Waals surface area contributed by atoms with Crippen LogP contribution in [0.5, 0.6) is 0 Å². The smallest absolute Gasteiger partial charge is 0.00502 e. The first kappa shape index (κ1) is 13.1. The van der Waals surface area contributed by atoms with Crippen molar-refractivity contribution in [3.63, 3.8) is 0 Å². The van der Waals surface area contributed by atoms with Crippen LogP contribution >= 0.6 is 0 Å². The van der Waals surface area contributed by atoms with Crippen molar-refractivity contribution >= 4 is 11.6 Å². The predicted octanol–water partition coefficient (Wildman–Crippen LogP) is 5.97. The van der Waals surface area contributed by atoms with Gasteiger partial charge in [-0.3, -0.25) is 0 Å². The Kier molecular flexibility index (Phi) is 3.14. The van der Waals surface area contributed by atoms with Gasteiger partial charge in [-0.15, -0.1) is 0 Å². The number of hydrogen-bond acceptors (Lipinski definition) is 0. The van der Waals surface area contributed by atoms with Gasteiger partial charge in [0.15, 0.2) is 0 Å². The molecule has 0 radical (unpaired) electrons. The molecule has 1 atom stereocenters. The second-order valence-electron chi connectivity index (χ2n) is 7.18. The summed E-state index contributed by atoms with van der Waals surface area (Å²) in [7, 11) is 0. The van der Waals surface area contributed by atoms with E-state index in [9.17, 15) is 0 Å². The third-order valence-electron chi connectivity index (χ3n) is 5.51. The predicted molar refractivity (Wildman–Crippen MR) is 91.1 cm³/mol. The summed E-state index contributed by atoms with van der Waals surface area (Å²) < 4.78 is 0. The van der Waals surface area contributed by atoms with E-state index in [0.29, 0.717) is 11.8 Å². The summed E-state index contributed by atoms with van der Waals surface area (Å²) >= 11 is 0. The topological polar surface area (TPSA) is 0 Å². The Morgan fingerprint density at radius 3 is 2.71 bits per heavy atom. The van der Waals surface area contributed by atoms with Gasteiger partial charge in [-0.2, -0.15) is 0 Å². The molecule has 21 heavy (non-hydrogen) atoms. The van der Waals surface area contributed by atoms with Crippen molar-refractivity contribution in [1.82, 2.24) is 0 Å². The lowest BCUT2D eigenvalue weighted by Gasteiger charge is -2.26. The maximum Gasteiger partial charge on any atom is 0.00502 e. The average Bonchev–Trinajstić information content (AvgIpc) is 3.02. The lowest BCUT2D eigenvalue weighted by atomic mass is 9.79. The second kappa shape index (κ2) is 5.02. The highest BCUT2D eigenvalue weighted by Gasteiger charge is 2.24. The molecule has 0 amide bonds. The van der Waals surface area contributed by atoms with Crippen molar-refractivity contribution < 1.29 is 0 Å². The van der Waals surface area contributed by atoms with Gasteiger partial charge in [0.1, 0.15) is 0 Å². The molecule has 0 bridgehead atoms. The van der Waals surface area contributed by atoms with Gasteiger partial charge in [0.25, 0.3) is 0 Å². The van der Waals surface area contributed by atoms with E-state index in [1.54, 1.807) is 5.57 Å². The lowest BCUT2D eigenvalue weighted by molar-refractivity contribution is 0.364. The van der Waals surface area contributed by atoms with Gasteiger partial charge in [-0.25, -0.2) is 0 Å². The third kappa shape index (κ3) is 2.21. The van der Waals surface area contributed by atoms with E-state index >= 15 is 0 Å². The first-order valence-corrected chi connectivity index (χ1v) is 8.45. The van der Waals surface area contributed by atoms with Crippen LogP contribution in [0.3, 0.4) is 0 Å². The summed E-state index contributed by atoms with van der Waals surface area (Å²) in [5.41, 5.74) is 7.46. The van der Waals surface area contributed by atoms with Gasteiger partial charge >= 0.3 is 0 Å². The number of rotatable bonds is 3. The summed E-state index contributed by atoms with van der Waals surface area (Å²) in [6.07, 6.45) is 15.0. The summed E-state index contributed by atoms with van der Waals surface area (Å²) in [4.78, 5) is 0. The maximum atomic E-state index is 2.46. The molecule has 3 aliphatic carbocycles. The third-order valence-corrected chi connectivity index (χ3v) is 5.51. The SMILES string of the molecule is CC(C)C1C=Cc2cc(C3=CCC(C4CCC4)=C3)ccc21. The zero-order valence-electron chi connectivity index (χ0n) is 13.1. The first-order chi connectivity index (χ1) is 10.2. The number of hydrogen-bond donors (Lipinski definition) is 0. The summed E-state index contributed by atoms with van der Waals surface area (Å²) in [5, 5.41) is 0. The minimum absolute atomic E-state index is 0.604. The highest BCUT2D eigenvalue weighted by molar-refractivity contribution is 5.80. The minimum atomic E-state index is 0.604. The van der Waals surface area contributed by atoms with Crippen LogP contribution in [0.2, 0.25) is 0 Å². The molecule has 4 rings (SSSR count). The second-order valence-corrected chi connectivity index (χ2v) is 7.18. The summed E-state index contributed by atoms with van der Waals surface area (Å²) in [6, 6.07) is 7.07. The molecular formula is C21H24. The van der Waals surface area contributed by atoms with Crippen LogP contribution in [0.15, 0.2) is 42.0 Å². The van der Waals surface area contributed by atoms with Gasteiger partial charge < -0.3 is 0 Å².